The summed E-state index contributed by atoms with van der Waals surface area (Å²) in [5, 5.41) is 9.03. The highest BCUT2D eigenvalue weighted by Gasteiger charge is 2.17. The van der Waals surface area contributed by atoms with Crippen molar-refractivity contribution in [1.82, 2.24) is 15.5 Å². The number of rotatable bonds is 9. The molecule has 0 aliphatic carbocycles. The molecule has 1 aromatic carbocycles. The summed E-state index contributed by atoms with van der Waals surface area (Å²) in [6.45, 7) is 9.64. The van der Waals surface area contributed by atoms with Crippen LogP contribution in [0, 0.1) is 0 Å². The minimum Gasteiger partial charge on any atom is -0.378 e. The second-order valence-corrected chi connectivity index (χ2v) is 6.34. The van der Waals surface area contributed by atoms with E-state index in [1.807, 2.05) is 0 Å². The van der Waals surface area contributed by atoms with E-state index in [2.05, 4.69) is 34.7 Å². The molecule has 0 spiro atoms. The molecule has 0 bridgehead atoms. The number of ether oxygens (including phenoxy) is 1. The number of nitrogens with one attached hydrogen (secondary N) is 3. The molecular formula is C19H32Cl2N4O3. The largest absolute Gasteiger partial charge is 0.378 e. The molecule has 28 heavy (non-hydrogen) atoms. The van der Waals surface area contributed by atoms with Crippen molar-refractivity contribution in [2.75, 3.05) is 51.3 Å². The number of carbonyl (C=O) groups is 2. The van der Waals surface area contributed by atoms with E-state index in [1.165, 1.54) is 0 Å². The zero-order chi connectivity index (χ0) is 18.8. The summed E-state index contributed by atoms with van der Waals surface area (Å²) in [6, 6.07) is 7.01. The fourth-order valence-electron chi connectivity index (χ4n) is 2.86. The van der Waals surface area contributed by atoms with Crippen LogP contribution < -0.4 is 16.0 Å². The van der Waals surface area contributed by atoms with Gasteiger partial charge < -0.3 is 25.6 Å². The Balaban J connectivity index is 0.00000364. The van der Waals surface area contributed by atoms with E-state index in [4.69, 9.17) is 4.74 Å². The van der Waals surface area contributed by atoms with Gasteiger partial charge in [0.05, 0.1) is 13.2 Å². The van der Waals surface area contributed by atoms with Crippen LogP contribution in [-0.4, -0.2) is 68.7 Å². The van der Waals surface area contributed by atoms with E-state index in [0.29, 0.717) is 37.4 Å². The first-order valence-electron chi connectivity index (χ1n) is 9.34. The van der Waals surface area contributed by atoms with Crippen LogP contribution in [0.15, 0.2) is 24.3 Å². The summed E-state index contributed by atoms with van der Waals surface area (Å²) < 4.78 is 5.35. The van der Waals surface area contributed by atoms with Gasteiger partial charge in [-0.05, 0) is 37.4 Å². The van der Waals surface area contributed by atoms with Crippen LogP contribution in [0.3, 0.4) is 0 Å². The molecule has 1 aliphatic heterocycles. The fraction of sp³-hybridized carbons (Fsp3) is 0.579. The first-order valence-corrected chi connectivity index (χ1v) is 9.34. The molecule has 7 nitrogen and oxygen atoms in total. The van der Waals surface area contributed by atoms with Gasteiger partial charge in [0.2, 0.25) is 5.91 Å². The first-order chi connectivity index (χ1) is 12.6. The Kier molecular flexibility index (Phi) is 13.9. The van der Waals surface area contributed by atoms with Crippen molar-refractivity contribution >= 4 is 42.3 Å². The third kappa shape index (κ3) is 9.21. The van der Waals surface area contributed by atoms with Crippen LogP contribution in [-0.2, 0) is 9.53 Å². The molecule has 160 valence electrons. The number of benzene rings is 1. The number of amides is 2. The molecule has 1 unspecified atom stereocenters. The second-order valence-electron chi connectivity index (χ2n) is 6.34. The van der Waals surface area contributed by atoms with Crippen molar-refractivity contribution in [2.24, 2.45) is 0 Å². The predicted molar refractivity (Wildman–Crippen MR) is 117 cm³/mol. The van der Waals surface area contributed by atoms with Gasteiger partial charge in [0, 0.05) is 43.3 Å². The van der Waals surface area contributed by atoms with Crippen molar-refractivity contribution in [3.8, 4) is 0 Å². The molecule has 3 N–H and O–H groups in total. The van der Waals surface area contributed by atoms with Gasteiger partial charge in [-0.25, -0.2) is 0 Å². The molecule has 2 amide bonds. The van der Waals surface area contributed by atoms with Gasteiger partial charge in [-0.15, -0.1) is 24.8 Å². The van der Waals surface area contributed by atoms with Crippen molar-refractivity contribution in [3.05, 3.63) is 29.8 Å². The van der Waals surface area contributed by atoms with Crippen LogP contribution in [0.25, 0.3) is 0 Å². The summed E-state index contributed by atoms with van der Waals surface area (Å²) in [4.78, 5) is 26.5. The zero-order valence-electron chi connectivity index (χ0n) is 16.5. The van der Waals surface area contributed by atoms with E-state index in [1.54, 1.807) is 24.3 Å². The molecule has 2 rings (SSSR count). The third-order valence-corrected chi connectivity index (χ3v) is 4.47. The average Bonchev–Trinajstić information content (AvgIpc) is 2.66. The van der Waals surface area contributed by atoms with Crippen molar-refractivity contribution in [3.63, 3.8) is 0 Å². The van der Waals surface area contributed by atoms with Crippen molar-refractivity contribution < 1.29 is 14.3 Å². The van der Waals surface area contributed by atoms with E-state index in [-0.39, 0.29) is 42.7 Å². The highest BCUT2D eigenvalue weighted by Crippen LogP contribution is 2.11. The monoisotopic (exact) mass is 434 g/mol. The normalized spacial score (nSPS) is 15.9. The Labute approximate surface area is 179 Å². The first kappa shape index (κ1) is 26.6. The Morgan fingerprint density at radius 2 is 1.86 bits per heavy atom. The number of carbonyl (C=O) groups excluding carboxylic acids is 2. The van der Waals surface area contributed by atoms with Crippen LogP contribution >= 0.6 is 24.8 Å². The molecule has 1 aromatic rings. The van der Waals surface area contributed by atoms with Gasteiger partial charge in [0.25, 0.3) is 5.91 Å². The lowest BCUT2D eigenvalue weighted by Crippen LogP contribution is -2.43. The smallest absolute Gasteiger partial charge is 0.251 e. The highest BCUT2D eigenvalue weighted by atomic mass is 35.5. The van der Waals surface area contributed by atoms with E-state index in [9.17, 15) is 9.59 Å². The maximum absolute atomic E-state index is 12.2. The molecule has 1 heterocycles. The van der Waals surface area contributed by atoms with Gasteiger partial charge in [0.15, 0.2) is 0 Å². The van der Waals surface area contributed by atoms with Gasteiger partial charge in [0.1, 0.15) is 0 Å². The third-order valence-electron chi connectivity index (χ3n) is 4.47. The molecular weight excluding hydrogens is 403 g/mol. The number of halogens is 2. The van der Waals surface area contributed by atoms with Crippen molar-refractivity contribution in [2.45, 2.75) is 26.3 Å². The molecule has 0 saturated carbocycles. The second kappa shape index (κ2) is 14.6. The molecule has 1 atom stereocenters. The molecule has 0 radical (unpaired) electrons. The van der Waals surface area contributed by atoms with Crippen LogP contribution in [0.4, 0.5) is 5.69 Å². The maximum Gasteiger partial charge on any atom is 0.251 e. The predicted octanol–water partition coefficient (Wildman–Crippen LogP) is 1.92. The Morgan fingerprint density at radius 3 is 2.43 bits per heavy atom. The Morgan fingerprint density at radius 1 is 1.18 bits per heavy atom. The van der Waals surface area contributed by atoms with Gasteiger partial charge in [-0.3, -0.25) is 9.59 Å². The minimum atomic E-state index is -0.0985. The minimum absolute atomic E-state index is 0. The number of likely N-dealkylation sites (N-methyl/N-ethyl adjacent to an activating group) is 1. The van der Waals surface area contributed by atoms with E-state index < -0.39 is 0 Å². The van der Waals surface area contributed by atoms with Crippen LogP contribution in [0.5, 0.6) is 0 Å². The molecule has 1 aliphatic rings. The zero-order valence-corrected chi connectivity index (χ0v) is 18.2. The molecule has 0 aromatic heterocycles. The highest BCUT2D eigenvalue weighted by molar-refractivity contribution is 5.95. The summed E-state index contributed by atoms with van der Waals surface area (Å²) in [5.74, 6) is -0.164. The summed E-state index contributed by atoms with van der Waals surface area (Å²) in [7, 11) is 0. The number of nitrogens with zero attached hydrogens (tertiary/aromatic N) is 1. The SMILES string of the molecule is CCN(CC)CCNC(=O)c1ccc(NC(=O)CC2COCCN2)cc1.Cl.Cl. The van der Waals surface area contributed by atoms with Gasteiger partial charge >= 0.3 is 0 Å². The van der Waals surface area contributed by atoms with E-state index >= 15 is 0 Å². The molecule has 1 fully saturated rings. The van der Waals surface area contributed by atoms with Crippen LogP contribution in [0.2, 0.25) is 0 Å². The fourth-order valence-corrected chi connectivity index (χ4v) is 2.86. The number of hydrogen-bond donors (Lipinski definition) is 3. The number of anilines is 1. The van der Waals surface area contributed by atoms with E-state index in [0.717, 1.165) is 26.2 Å². The lowest BCUT2D eigenvalue weighted by molar-refractivity contribution is -0.117. The lowest BCUT2D eigenvalue weighted by Gasteiger charge is -2.23. The topological polar surface area (TPSA) is 82.7 Å². The number of hydrogen-bond acceptors (Lipinski definition) is 5. The summed E-state index contributed by atoms with van der Waals surface area (Å²) in [5.41, 5.74) is 1.27. The molecule has 9 heteroatoms. The average molecular weight is 435 g/mol. The summed E-state index contributed by atoms with van der Waals surface area (Å²) in [6.07, 6.45) is 0.369. The standard InChI is InChI=1S/C19H30N4O3.2ClH/c1-3-23(4-2)11-9-21-19(25)15-5-7-16(8-6-15)22-18(24)13-17-14-26-12-10-20-17;;/h5-8,17,20H,3-4,9-14H2,1-2H3,(H,21,25)(H,22,24);2*1H. The van der Waals surface area contributed by atoms with Gasteiger partial charge in [-0.1, -0.05) is 13.8 Å². The Bertz CT molecular complexity index is 577. The Hall–Kier alpha value is -1.38. The van der Waals surface area contributed by atoms with Gasteiger partial charge in [-0.2, -0.15) is 0 Å². The molecule has 1 saturated heterocycles. The maximum atomic E-state index is 12.2. The summed E-state index contributed by atoms with van der Waals surface area (Å²) >= 11 is 0. The van der Waals surface area contributed by atoms with Crippen molar-refractivity contribution in [1.29, 1.82) is 0 Å². The quantitative estimate of drug-likeness (QED) is 0.552. The van der Waals surface area contributed by atoms with Crippen LogP contribution in [0.1, 0.15) is 30.6 Å². The lowest BCUT2D eigenvalue weighted by atomic mass is 10.1. The number of morpholine rings is 1.